The number of benzene rings is 2. The number of hydrogen-bond donors (Lipinski definition) is 5. The SMILES string of the molecule is CCN(C=N[C@H]1CC(O[C@H]2CC(O)(C(=O)CO)Cc3c(O)c4c(c(O)c32)C(=O)c2c(OC)cccc2C4=O)OC(C)[C@@H]1O)CC.Cl. The van der Waals surface area contributed by atoms with Crippen LogP contribution in [0.25, 0.3) is 0 Å². The number of phenolic OH excluding ortho intramolecular Hbond substituents is 2. The highest BCUT2D eigenvalue weighted by Crippen LogP contribution is 2.52. The van der Waals surface area contributed by atoms with Crippen LogP contribution in [0.2, 0.25) is 0 Å². The van der Waals surface area contributed by atoms with Crippen LogP contribution in [0.3, 0.4) is 0 Å². The van der Waals surface area contributed by atoms with E-state index in [9.17, 15) is 39.9 Å². The van der Waals surface area contributed by atoms with Gasteiger partial charge in [-0.1, -0.05) is 12.1 Å². The second-order valence-electron chi connectivity index (χ2n) is 11.5. The number of nitrogens with zero attached hydrogens (tertiary/aromatic N) is 2. The zero-order chi connectivity index (χ0) is 32.8. The lowest BCUT2D eigenvalue weighted by molar-refractivity contribution is -0.247. The highest BCUT2D eigenvalue weighted by Gasteiger charge is 2.50. The molecule has 5 N–H and O–H groups in total. The zero-order valence-electron chi connectivity index (χ0n) is 25.9. The van der Waals surface area contributed by atoms with E-state index >= 15 is 0 Å². The lowest BCUT2D eigenvalue weighted by atomic mass is 9.72. The van der Waals surface area contributed by atoms with Crippen molar-refractivity contribution in [1.82, 2.24) is 4.90 Å². The lowest BCUT2D eigenvalue weighted by Gasteiger charge is -2.42. The molecule has 0 aromatic heterocycles. The van der Waals surface area contributed by atoms with E-state index in [1.807, 2.05) is 18.7 Å². The lowest BCUT2D eigenvalue weighted by Crippen LogP contribution is -2.50. The van der Waals surface area contributed by atoms with Crippen molar-refractivity contribution in [3.63, 3.8) is 0 Å². The molecule has 3 unspecified atom stereocenters. The van der Waals surface area contributed by atoms with Crippen LogP contribution in [-0.2, 0) is 20.7 Å². The first kappa shape index (κ1) is 35.3. The molecule has 0 spiro atoms. The second-order valence-corrected chi connectivity index (χ2v) is 11.5. The van der Waals surface area contributed by atoms with Crippen LogP contribution in [0.15, 0.2) is 23.2 Å². The van der Waals surface area contributed by atoms with E-state index in [1.165, 1.54) is 25.3 Å². The third-order valence-corrected chi connectivity index (χ3v) is 8.96. The Bertz CT molecular complexity index is 1560. The molecule has 2 aromatic rings. The highest BCUT2D eigenvalue weighted by atomic mass is 35.5. The molecule has 1 aliphatic heterocycles. The average Bonchev–Trinajstić information content (AvgIpc) is 3.02. The number of aliphatic hydroxyl groups is 3. The molecule has 14 heteroatoms. The van der Waals surface area contributed by atoms with Crippen molar-refractivity contribution in [2.24, 2.45) is 4.99 Å². The van der Waals surface area contributed by atoms with Gasteiger partial charge in [-0.15, -0.1) is 12.4 Å². The van der Waals surface area contributed by atoms with Crippen LogP contribution in [-0.4, -0.2) is 111 Å². The minimum Gasteiger partial charge on any atom is -0.507 e. The number of phenols is 2. The summed E-state index contributed by atoms with van der Waals surface area (Å²) in [5, 5.41) is 55.0. The van der Waals surface area contributed by atoms with Crippen molar-refractivity contribution >= 4 is 36.1 Å². The number of fused-ring (bicyclic) bond motifs is 3. The molecule has 250 valence electrons. The number of methoxy groups -OCH3 is 1. The average molecular weight is 663 g/mol. The number of aliphatic hydroxyl groups excluding tert-OH is 2. The van der Waals surface area contributed by atoms with E-state index in [0.29, 0.717) is 13.1 Å². The van der Waals surface area contributed by atoms with E-state index in [2.05, 4.69) is 4.99 Å². The second kappa shape index (κ2) is 13.6. The van der Waals surface area contributed by atoms with E-state index < -0.39 is 95.7 Å². The quantitative estimate of drug-likeness (QED) is 0.127. The molecule has 2 aromatic carbocycles. The first-order valence-electron chi connectivity index (χ1n) is 14.9. The van der Waals surface area contributed by atoms with Crippen LogP contribution < -0.4 is 4.74 Å². The summed E-state index contributed by atoms with van der Waals surface area (Å²) in [5.74, 6) is -3.75. The molecule has 2 aliphatic carbocycles. The van der Waals surface area contributed by atoms with Gasteiger partial charge in [-0.3, -0.25) is 19.4 Å². The van der Waals surface area contributed by atoms with Gasteiger partial charge in [0.05, 0.1) is 48.4 Å². The predicted octanol–water partition coefficient (Wildman–Crippen LogP) is 1.83. The number of ketones is 3. The smallest absolute Gasteiger partial charge is 0.202 e. The van der Waals surface area contributed by atoms with Gasteiger partial charge in [-0.2, -0.15) is 0 Å². The number of aromatic hydroxyl groups is 2. The third-order valence-electron chi connectivity index (χ3n) is 8.96. The molecule has 46 heavy (non-hydrogen) atoms. The van der Waals surface area contributed by atoms with Gasteiger partial charge >= 0.3 is 0 Å². The molecule has 0 bridgehead atoms. The summed E-state index contributed by atoms with van der Waals surface area (Å²) < 4.78 is 17.5. The zero-order valence-corrected chi connectivity index (χ0v) is 26.7. The van der Waals surface area contributed by atoms with Gasteiger partial charge in [-0.05, 0) is 26.8 Å². The standard InChI is InChI=1S/C32H38N2O11.ClH/c1-5-34(6-2)14-33-18-10-22(44-15(3)27(18)37)45-20-12-32(42,21(36)13-35)11-17-24(20)31(41)26-25(29(17)39)28(38)16-8-7-9-19(43-4)23(16)30(26)40;/h7-9,14-15,18,20,22,27,35,37,39,41-42H,5-6,10-13H2,1-4H3;1H/t15?,18-,20-,22?,27-,32?;/m0./s1. The summed E-state index contributed by atoms with van der Waals surface area (Å²) in [6, 6.07) is 3.75. The molecular formula is C32H39ClN2O11. The largest absolute Gasteiger partial charge is 0.507 e. The number of Topliss-reactive ketones (excluding diaryl/α,β-unsaturated/α-hetero) is 1. The Morgan fingerprint density at radius 3 is 2.43 bits per heavy atom. The first-order valence-corrected chi connectivity index (χ1v) is 14.9. The minimum absolute atomic E-state index is 0. The van der Waals surface area contributed by atoms with Crippen LogP contribution in [0.5, 0.6) is 17.2 Å². The van der Waals surface area contributed by atoms with Crippen molar-refractivity contribution in [3.05, 3.63) is 51.6 Å². The van der Waals surface area contributed by atoms with Crippen molar-refractivity contribution < 1.29 is 54.1 Å². The predicted molar refractivity (Wildman–Crippen MR) is 166 cm³/mol. The number of rotatable bonds is 9. The normalized spacial score (nSPS) is 27.0. The number of carbonyl (C=O) groups excluding carboxylic acids is 3. The molecule has 1 heterocycles. The highest BCUT2D eigenvalue weighted by molar-refractivity contribution is 6.31. The summed E-state index contributed by atoms with van der Waals surface area (Å²) in [6.07, 6.45) is -3.47. The van der Waals surface area contributed by atoms with Gasteiger partial charge in [0.1, 0.15) is 35.6 Å². The van der Waals surface area contributed by atoms with Crippen LogP contribution in [0.4, 0.5) is 0 Å². The molecule has 3 aliphatic rings. The maximum atomic E-state index is 13.8. The van der Waals surface area contributed by atoms with Gasteiger partial charge < -0.3 is 44.6 Å². The van der Waals surface area contributed by atoms with Gasteiger partial charge in [0, 0.05) is 49.0 Å². The van der Waals surface area contributed by atoms with E-state index in [0.717, 1.165) is 0 Å². The molecule has 0 radical (unpaired) electrons. The van der Waals surface area contributed by atoms with Crippen molar-refractivity contribution in [3.8, 4) is 17.2 Å². The Hall–Kier alpha value is -3.59. The monoisotopic (exact) mass is 662 g/mol. The number of ether oxygens (including phenoxy) is 3. The fourth-order valence-corrected chi connectivity index (χ4v) is 6.41. The number of carbonyl (C=O) groups is 3. The summed E-state index contributed by atoms with van der Waals surface area (Å²) >= 11 is 0. The number of hydrogen-bond acceptors (Lipinski definition) is 12. The van der Waals surface area contributed by atoms with E-state index in [1.54, 1.807) is 13.3 Å². The van der Waals surface area contributed by atoms with Crippen molar-refractivity contribution in [2.75, 3.05) is 26.8 Å². The van der Waals surface area contributed by atoms with Gasteiger partial charge in [0.25, 0.3) is 0 Å². The molecule has 5 rings (SSSR count). The van der Waals surface area contributed by atoms with Crippen LogP contribution in [0, 0.1) is 0 Å². The fraction of sp³-hybridized carbons (Fsp3) is 0.500. The van der Waals surface area contributed by atoms with E-state index in [-0.39, 0.29) is 46.8 Å². The van der Waals surface area contributed by atoms with Crippen LogP contribution in [0.1, 0.15) is 82.7 Å². The Morgan fingerprint density at radius 1 is 1.13 bits per heavy atom. The van der Waals surface area contributed by atoms with Crippen molar-refractivity contribution in [1.29, 1.82) is 0 Å². The van der Waals surface area contributed by atoms with Crippen molar-refractivity contribution in [2.45, 2.75) is 76.3 Å². The van der Waals surface area contributed by atoms with Gasteiger partial charge in [0.2, 0.25) is 5.78 Å². The summed E-state index contributed by atoms with van der Waals surface area (Å²) in [7, 11) is 1.33. The molecule has 13 nitrogen and oxygen atoms in total. The van der Waals surface area contributed by atoms with Crippen LogP contribution >= 0.6 is 12.4 Å². The van der Waals surface area contributed by atoms with Gasteiger partial charge in [0.15, 0.2) is 17.9 Å². The van der Waals surface area contributed by atoms with Gasteiger partial charge in [-0.25, -0.2) is 0 Å². The topological polar surface area (TPSA) is 196 Å². The van der Waals surface area contributed by atoms with E-state index in [4.69, 9.17) is 14.2 Å². The Labute approximate surface area is 271 Å². The minimum atomic E-state index is -2.26. The molecular weight excluding hydrogens is 624 g/mol. The summed E-state index contributed by atoms with van der Waals surface area (Å²) in [5.41, 5.74) is -3.62. The molecule has 6 atom stereocenters. The molecule has 0 saturated carbocycles. The fourth-order valence-electron chi connectivity index (χ4n) is 6.41. The molecule has 1 fully saturated rings. The maximum absolute atomic E-state index is 13.8. The Kier molecular flexibility index (Phi) is 10.5. The summed E-state index contributed by atoms with van der Waals surface area (Å²) in [4.78, 5) is 46.7. The molecule has 1 saturated heterocycles. The number of aliphatic imine (C=N–C) groups is 1. The maximum Gasteiger partial charge on any atom is 0.202 e. The third kappa shape index (κ3) is 5.87. The Morgan fingerprint density at radius 2 is 1.80 bits per heavy atom. The first-order chi connectivity index (χ1) is 21.4. The molecule has 0 amide bonds. The summed E-state index contributed by atoms with van der Waals surface area (Å²) in [6.45, 7) is 5.95. The number of halogens is 1. The Balaban J connectivity index is 0.00000480.